The largest absolute Gasteiger partial charge is 0.492 e. The highest BCUT2D eigenvalue weighted by Gasteiger charge is 2.36. The Hall–Kier alpha value is -2.41. The van der Waals surface area contributed by atoms with E-state index in [0.717, 1.165) is 30.0 Å². The molecule has 0 radical (unpaired) electrons. The van der Waals surface area contributed by atoms with Gasteiger partial charge in [0.15, 0.2) is 5.82 Å². The van der Waals surface area contributed by atoms with E-state index in [0.29, 0.717) is 32.1 Å². The molecule has 2 aromatic rings. The van der Waals surface area contributed by atoms with Crippen LogP contribution >= 0.6 is 0 Å². The number of carbonyl (C=O) groups excluding carboxylic acids is 1. The van der Waals surface area contributed by atoms with E-state index in [-0.39, 0.29) is 17.9 Å². The van der Waals surface area contributed by atoms with Gasteiger partial charge in [0.2, 0.25) is 5.91 Å². The van der Waals surface area contributed by atoms with Crippen molar-refractivity contribution in [1.82, 2.24) is 20.1 Å². The van der Waals surface area contributed by atoms with Gasteiger partial charge in [-0.2, -0.15) is 5.10 Å². The molecule has 1 saturated heterocycles. The Balaban J connectivity index is 1.47. The molecule has 4 rings (SSSR count). The number of morpholine rings is 1. The molecular formula is C18H22N4O3. The highest BCUT2D eigenvalue weighted by molar-refractivity contribution is 5.85. The molecule has 1 fully saturated rings. The van der Waals surface area contributed by atoms with Crippen molar-refractivity contribution in [3.63, 3.8) is 0 Å². The Kier molecular flexibility index (Phi) is 4.40. The topological polar surface area (TPSA) is 80.3 Å². The number of rotatable bonds is 4. The van der Waals surface area contributed by atoms with Gasteiger partial charge in [-0.25, -0.2) is 4.98 Å². The maximum absolute atomic E-state index is 13.0. The van der Waals surface area contributed by atoms with Crippen LogP contribution in [-0.4, -0.2) is 52.3 Å². The Labute approximate surface area is 146 Å². The first-order valence-electron chi connectivity index (χ1n) is 8.79. The van der Waals surface area contributed by atoms with Gasteiger partial charge in [-0.3, -0.25) is 9.89 Å². The number of para-hydroxylation sites is 1. The number of aromatic amines is 1. The maximum Gasteiger partial charge on any atom is 0.233 e. The third-order valence-corrected chi connectivity index (χ3v) is 4.70. The minimum absolute atomic E-state index is 0.0857. The molecule has 3 heterocycles. The summed E-state index contributed by atoms with van der Waals surface area (Å²) in [6.07, 6.45) is 1.59. The number of H-pyrrole nitrogens is 1. The summed E-state index contributed by atoms with van der Waals surface area (Å²) in [6.45, 7) is 4.05. The van der Waals surface area contributed by atoms with Crippen molar-refractivity contribution in [2.24, 2.45) is 0 Å². The summed E-state index contributed by atoms with van der Waals surface area (Å²) >= 11 is 0. The van der Waals surface area contributed by atoms with Crippen molar-refractivity contribution in [3.05, 3.63) is 41.5 Å². The van der Waals surface area contributed by atoms with Crippen LogP contribution in [0, 0.1) is 0 Å². The first-order chi connectivity index (χ1) is 12.3. The van der Waals surface area contributed by atoms with Crippen LogP contribution in [0.25, 0.3) is 0 Å². The Morgan fingerprint density at radius 2 is 2.28 bits per heavy atom. The lowest BCUT2D eigenvalue weighted by molar-refractivity contribution is -0.141. The van der Waals surface area contributed by atoms with Crippen LogP contribution in [0.4, 0.5) is 0 Å². The average Bonchev–Trinajstić information content (AvgIpc) is 3.29. The maximum atomic E-state index is 13.0. The molecule has 2 aliphatic heterocycles. The van der Waals surface area contributed by atoms with Crippen LogP contribution in [0.1, 0.15) is 42.6 Å². The van der Waals surface area contributed by atoms with Gasteiger partial charge in [0.1, 0.15) is 30.2 Å². The van der Waals surface area contributed by atoms with Crippen LogP contribution in [0.5, 0.6) is 5.75 Å². The van der Waals surface area contributed by atoms with Gasteiger partial charge in [-0.1, -0.05) is 25.1 Å². The number of hydrogen-bond donors (Lipinski definition) is 1. The second kappa shape index (κ2) is 6.84. The molecule has 0 saturated carbocycles. The number of aromatic nitrogens is 3. The number of nitrogens with zero attached hydrogens (tertiary/aromatic N) is 3. The number of amides is 1. The summed E-state index contributed by atoms with van der Waals surface area (Å²) in [5.74, 6) is 2.15. The summed E-state index contributed by atoms with van der Waals surface area (Å²) in [6, 6.07) is 7.75. The van der Waals surface area contributed by atoms with Gasteiger partial charge in [0.25, 0.3) is 0 Å². The molecule has 0 bridgehead atoms. The number of ether oxygens (including phenoxy) is 2. The number of benzene rings is 1. The predicted molar refractivity (Wildman–Crippen MR) is 90.3 cm³/mol. The highest BCUT2D eigenvalue weighted by Crippen LogP contribution is 2.35. The van der Waals surface area contributed by atoms with E-state index in [1.165, 1.54) is 0 Å². The lowest BCUT2D eigenvalue weighted by Gasteiger charge is -2.33. The summed E-state index contributed by atoms with van der Waals surface area (Å²) < 4.78 is 11.5. The number of aryl methyl sites for hydroxylation is 1. The Morgan fingerprint density at radius 1 is 1.40 bits per heavy atom. The second-order valence-electron chi connectivity index (χ2n) is 6.44. The van der Waals surface area contributed by atoms with Crippen molar-refractivity contribution in [3.8, 4) is 5.75 Å². The van der Waals surface area contributed by atoms with Gasteiger partial charge < -0.3 is 14.4 Å². The quantitative estimate of drug-likeness (QED) is 0.917. The molecule has 7 nitrogen and oxygen atoms in total. The zero-order valence-corrected chi connectivity index (χ0v) is 14.3. The van der Waals surface area contributed by atoms with Gasteiger partial charge >= 0.3 is 0 Å². The number of nitrogens with one attached hydrogen (secondary N) is 1. The molecule has 2 atom stereocenters. The van der Waals surface area contributed by atoms with Crippen LogP contribution in [0.15, 0.2) is 24.3 Å². The van der Waals surface area contributed by atoms with E-state index in [1.54, 1.807) is 0 Å². The molecule has 0 spiro atoms. The standard InChI is InChI=1S/C18H22N4O3/c1-2-5-16-19-17(21-20-16)15-10-22(8-9-24-15)18(23)13-11-25-14-7-4-3-6-12(13)14/h3-4,6-7,13,15H,2,5,8-11H2,1H3,(H,19,20,21). The molecule has 1 aromatic carbocycles. The predicted octanol–water partition coefficient (Wildman–Crippen LogP) is 1.83. The molecule has 25 heavy (non-hydrogen) atoms. The minimum Gasteiger partial charge on any atom is -0.492 e. The van der Waals surface area contributed by atoms with Crippen molar-refractivity contribution >= 4 is 5.91 Å². The number of hydrogen-bond acceptors (Lipinski definition) is 5. The Bertz CT molecular complexity index is 760. The molecule has 1 N–H and O–H groups in total. The van der Waals surface area contributed by atoms with Crippen LogP contribution in [-0.2, 0) is 16.0 Å². The molecule has 2 aliphatic rings. The van der Waals surface area contributed by atoms with E-state index in [1.807, 2.05) is 29.2 Å². The first kappa shape index (κ1) is 16.1. The third-order valence-electron chi connectivity index (χ3n) is 4.70. The van der Waals surface area contributed by atoms with Crippen molar-refractivity contribution < 1.29 is 14.3 Å². The van der Waals surface area contributed by atoms with E-state index >= 15 is 0 Å². The minimum atomic E-state index is -0.280. The molecule has 7 heteroatoms. The zero-order valence-electron chi connectivity index (χ0n) is 14.3. The number of fused-ring (bicyclic) bond motifs is 1. The highest BCUT2D eigenvalue weighted by atomic mass is 16.5. The SMILES string of the molecule is CCCc1nc(C2CN(C(=O)C3COc4ccccc43)CCO2)n[nH]1. The Morgan fingerprint density at radius 3 is 3.16 bits per heavy atom. The smallest absolute Gasteiger partial charge is 0.233 e. The lowest BCUT2D eigenvalue weighted by atomic mass is 9.99. The molecule has 1 aromatic heterocycles. The van der Waals surface area contributed by atoms with Crippen molar-refractivity contribution in [1.29, 1.82) is 0 Å². The van der Waals surface area contributed by atoms with Crippen LogP contribution in [0.3, 0.4) is 0 Å². The van der Waals surface area contributed by atoms with Gasteiger partial charge in [-0.15, -0.1) is 0 Å². The fourth-order valence-corrected chi connectivity index (χ4v) is 3.40. The summed E-state index contributed by atoms with van der Waals surface area (Å²) in [5.41, 5.74) is 0.971. The molecule has 0 aliphatic carbocycles. The third kappa shape index (κ3) is 3.11. The molecular weight excluding hydrogens is 320 g/mol. The average molecular weight is 342 g/mol. The first-order valence-corrected chi connectivity index (χ1v) is 8.79. The summed E-state index contributed by atoms with van der Waals surface area (Å²) in [4.78, 5) is 19.3. The summed E-state index contributed by atoms with van der Waals surface area (Å²) in [5, 5.41) is 7.21. The fourth-order valence-electron chi connectivity index (χ4n) is 3.40. The van der Waals surface area contributed by atoms with Crippen LogP contribution in [0.2, 0.25) is 0 Å². The van der Waals surface area contributed by atoms with Crippen molar-refractivity contribution in [2.75, 3.05) is 26.3 Å². The van der Waals surface area contributed by atoms with Gasteiger partial charge in [-0.05, 0) is 12.5 Å². The van der Waals surface area contributed by atoms with Crippen molar-refractivity contribution in [2.45, 2.75) is 31.8 Å². The van der Waals surface area contributed by atoms with Gasteiger partial charge in [0.05, 0.1) is 13.2 Å². The lowest BCUT2D eigenvalue weighted by Crippen LogP contribution is -2.45. The van der Waals surface area contributed by atoms with Gasteiger partial charge in [0, 0.05) is 18.5 Å². The normalized spacial score (nSPS) is 22.5. The zero-order chi connectivity index (χ0) is 17.2. The monoisotopic (exact) mass is 342 g/mol. The second-order valence-corrected chi connectivity index (χ2v) is 6.44. The van der Waals surface area contributed by atoms with Crippen LogP contribution < -0.4 is 4.74 Å². The van der Waals surface area contributed by atoms with E-state index in [9.17, 15) is 4.79 Å². The fraction of sp³-hybridized carbons (Fsp3) is 0.500. The van der Waals surface area contributed by atoms with E-state index < -0.39 is 0 Å². The molecule has 132 valence electrons. The molecule has 2 unspecified atom stereocenters. The van der Waals surface area contributed by atoms with E-state index in [4.69, 9.17) is 9.47 Å². The molecule has 1 amide bonds. The summed E-state index contributed by atoms with van der Waals surface area (Å²) in [7, 11) is 0. The number of carbonyl (C=O) groups is 1. The van der Waals surface area contributed by atoms with E-state index in [2.05, 4.69) is 22.1 Å².